The lowest BCUT2D eigenvalue weighted by Crippen LogP contribution is -2.40. The normalized spacial score (nSPS) is 18.6. The van der Waals surface area contributed by atoms with Crippen LogP contribution in [0.2, 0.25) is 0 Å². The average molecular weight is 394 g/mol. The minimum Gasteiger partial charge on any atom is -0.379 e. The molecule has 1 saturated carbocycles. The summed E-state index contributed by atoms with van der Waals surface area (Å²) in [6.45, 7) is 1.38. The van der Waals surface area contributed by atoms with Gasteiger partial charge in [-0.1, -0.05) is 17.4 Å². The molecule has 0 bridgehead atoms. The van der Waals surface area contributed by atoms with E-state index in [-0.39, 0.29) is 10.5 Å². The Kier molecular flexibility index (Phi) is 4.74. The largest absolute Gasteiger partial charge is 0.379 e. The number of aromatic nitrogens is 2. The maximum Gasteiger partial charge on any atom is 0.257 e. The Morgan fingerprint density at radius 3 is 2.73 bits per heavy atom. The molecule has 1 amide bonds. The minimum absolute atomic E-state index is 0.1000. The highest BCUT2D eigenvalue weighted by Crippen LogP contribution is 2.42. The van der Waals surface area contributed by atoms with Crippen molar-refractivity contribution in [3.63, 3.8) is 0 Å². The minimum atomic E-state index is -3.64. The van der Waals surface area contributed by atoms with Crippen LogP contribution in [0.4, 0.5) is 5.13 Å². The van der Waals surface area contributed by atoms with Crippen LogP contribution in [0.3, 0.4) is 0 Å². The van der Waals surface area contributed by atoms with E-state index in [0.29, 0.717) is 37.4 Å². The van der Waals surface area contributed by atoms with Gasteiger partial charge in [-0.2, -0.15) is 4.31 Å². The molecule has 2 fully saturated rings. The van der Waals surface area contributed by atoms with Crippen LogP contribution in [-0.4, -0.2) is 55.1 Å². The Balaban J connectivity index is 1.51. The van der Waals surface area contributed by atoms with Gasteiger partial charge in [0.25, 0.3) is 5.91 Å². The number of hydrogen-bond donors (Lipinski definition) is 1. The molecule has 1 N–H and O–H groups in total. The Bertz CT molecular complexity index is 918. The van der Waals surface area contributed by atoms with E-state index < -0.39 is 15.9 Å². The molecule has 1 aromatic heterocycles. The van der Waals surface area contributed by atoms with Crippen molar-refractivity contribution in [3.8, 4) is 0 Å². The summed E-state index contributed by atoms with van der Waals surface area (Å²) in [6, 6.07) is 6.04. The molecule has 138 valence electrons. The molecule has 0 spiro atoms. The van der Waals surface area contributed by atoms with Gasteiger partial charge in [-0.15, -0.1) is 10.2 Å². The van der Waals surface area contributed by atoms with Crippen molar-refractivity contribution in [2.24, 2.45) is 0 Å². The molecular weight excluding hydrogens is 376 g/mol. The maximum absolute atomic E-state index is 12.7. The van der Waals surface area contributed by atoms with Crippen LogP contribution >= 0.6 is 11.3 Å². The quantitative estimate of drug-likeness (QED) is 0.828. The summed E-state index contributed by atoms with van der Waals surface area (Å²) in [5.41, 5.74) is 0.266. The summed E-state index contributed by atoms with van der Waals surface area (Å²) in [5.74, 6) is 0.0719. The molecule has 0 atom stereocenters. The van der Waals surface area contributed by atoms with E-state index >= 15 is 0 Å². The Morgan fingerprint density at radius 2 is 2.00 bits per heavy atom. The lowest BCUT2D eigenvalue weighted by molar-refractivity contribution is 0.0730. The van der Waals surface area contributed by atoms with Crippen molar-refractivity contribution in [3.05, 3.63) is 34.8 Å². The molecule has 0 radical (unpaired) electrons. The Labute approximate surface area is 155 Å². The topological polar surface area (TPSA) is 101 Å². The van der Waals surface area contributed by atoms with Crippen LogP contribution in [0.25, 0.3) is 0 Å². The highest BCUT2D eigenvalue weighted by molar-refractivity contribution is 7.89. The number of morpholine rings is 1. The molecule has 2 aromatic rings. The fourth-order valence-corrected chi connectivity index (χ4v) is 5.05. The van der Waals surface area contributed by atoms with Gasteiger partial charge in [0.2, 0.25) is 15.2 Å². The van der Waals surface area contributed by atoms with Crippen LogP contribution in [0.5, 0.6) is 0 Å². The van der Waals surface area contributed by atoms with Gasteiger partial charge < -0.3 is 4.74 Å². The van der Waals surface area contributed by atoms with E-state index in [2.05, 4.69) is 15.5 Å². The third-order valence-electron chi connectivity index (χ3n) is 4.29. The highest BCUT2D eigenvalue weighted by Gasteiger charge is 2.28. The van der Waals surface area contributed by atoms with Crippen LogP contribution in [0.1, 0.15) is 34.1 Å². The van der Waals surface area contributed by atoms with Crippen LogP contribution in [-0.2, 0) is 14.8 Å². The summed E-state index contributed by atoms with van der Waals surface area (Å²) < 4.78 is 32.0. The smallest absolute Gasteiger partial charge is 0.257 e. The van der Waals surface area contributed by atoms with Gasteiger partial charge in [0, 0.05) is 24.6 Å². The lowest BCUT2D eigenvalue weighted by atomic mass is 10.2. The number of carbonyl (C=O) groups is 1. The first-order chi connectivity index (χ1) is 12.5. The number of ether oxygens (including phenoxy) is 1. The third-order valence-corrected chi connectivity index (χ3v) is 7.19. The van der Waals surface area contributed by atoms with Crippen molar-refractivity contribution < 1.29 is 17.9 Å². The number of rotatable bonds is 5. The first-order valence-electron chi connectivity index (χ1n) is 8.37. The van der Waals surface area contributed by atoms with Crippen molar-refractivity contribution >= 4 is 32.4 Å². The molecule has 1 aliphatic heterocycles. The zero-order valence-electron chi connectivity index (χ0n) is 13.9. The molecule has 2 aliphatic rings. The molecular formula is C16H18N4O4S2. The number of amides is 1. The molecule has 4 rings (SSSR count). The second-order valence-corrected chi connectivity index (χ2v) is 9.17. The number of anilines is 1. The van der Waals surface area contributed by atoms with E-state index in [1.54, 1.807) is 12.1 Å². The SMILES string of the molecule is O=C(Nc1nnc(C2CC2)s1)c1cccc(S(=O)(=O)N2CCOCC2)c1. The summed E-state index contributed by atoms with van der Waals surface area (Å²) in [5, 5.41) is 12.1. The number of benzene rings is 1. The predicted octanol–water partition coefficient (Wildman–Crippen LogP) is 1.69. The van der Waals surface area contributed by atoms with Crippen molar-refractivity contribution in [1.29, 1.82) is 0 Å². The Hall–Kier alpha value is -1.88. The fourth-order valence-electron chi connectivity index (χ4n) is 2.68. The fraction of sp³-hybridized carbons (Fsp3) is 0.438. The van der Waals surface area contributed by atoms with Crippen LogP contribution in [0, 0.1) is 0 Å². The monoisotopic (exact) mass is 394 g/mol. The van der Waals surface area contributed by atoms with E-state index in [1.165, 1.54) is 27.8 Å². The molecule has 26 heavy (non-hydrogen) atoms. The highest BCUT2D eigenvalue weighted by atomic mass is 32.2. The van der Waals surface area contributed by atoms with Gasteiger partial charge in [0.1, 0.15) is 5.01 Å². The van der Waals surface area contributed by atoms with Gasteiger partial charge >= 0.3 is 0 Å². The number of sulfonamides is 1. The molecule has 10 heteroatoms. The molecule has 0 unspecified atom stereocenters. The Morgan fingerprint density at radius 1 is 1.23 bits per heavy atom. The van der Waals surface area contributed by atoms with Crippen LogP contribution < -0.4 is 5.32 Å². The number of nitrogens with one attached hydrogen (secondary N) is 1. The first kappa shape index (κ1) is 17.5. The van der Waals surface area contributed by atoms with Crippen molar-refractivity contribution in [2.45, 2.75) is 23.7 Å². The molecule has 2 heterocycles. The first-order valence-corrected chi connectivity index (χ1v) is 10.6. The second-order valence-electron chi connectivity index (χ2n) is 6.22. The van der Waals surface area contributed by atoms with Crippen LogP contribution in [0.15, 0.2) is 29.2 Å². The van der Waals surface area contributed by atoms with Gasteiger partial charge in [0.05, 0.1) is 18.1 Å². The van der Waals surface area contributed by atoms with Crippen molar-refractivity contribution in [2.75, 3.05) is 31.6 Å². The standard InChI is InChI=1S/C16H18N4O4S2/c21-14(17-16-19-18-15(25-16)11-4-5-11)12-2-1-3-13(10-12)26(22,23)20-6-8-24-9-7-20/h1-3,10-11H,4-9H2,(H,17,19,21). The summed E-state index contributed by atoms with van der Waals surface area (Å²) in [7, 11) is -3.64. The zero-order chi connectivity index (χ0) is 18.1. The van der Waals surface area contributed by atoms with Crippen molar-refractivity contribution in [1.82, 2.24) is 14.5 Å². The third kappa shape index (κ3) is 3.63. The summed E-state index contributed by atoms with van der Waals surface area (Å²) in [4.78, 5) is 12.6. The second kappa shape index (κ2) is 7.03. The van der Waals surface area contributed by atoms with E-state index in [4.69, 9.17) is 4.74 Å². The number of hydrogen-bond acceptors (Lipinski definition) is 7. The van der Waals surface area contributed by atoms with Gasteiger partial charge in [-0.05, 0) is 31.0 Å². The number of carbonyl (C=O) groups excluding carboxylic acids is 1. The summed E-state index contributed by atoms with van der Waals surface area (Å²) >= 11 is 1.36. The van der Waals surface area contributed by atoms with Gasteiger partial charge in [-0.25, -0.2) is 8.42 Å². The van der Waals surface area contributed by atoms with Gasteiger partial charge in [0.15, 0.2) is 0 Å². The number of nitrogens with zero attached hydrogens (tertiary/aromatic N) is 3. The molecule has 8 nitrogen and oxygen atoms in total. The summed E-state index contributed by atoms with van der Waals surface area (Å²) in [6.07, 6.45) is 2.23. The maximum atomic E-state index is 12.7. The zero-order valence-corrected chi connectivity index (χ0v) is 15.6. The van der Waals surface area contributed by atoms with Gasteiger partial charge in [-0.3, -0.25) is 10.1 Å². The van der Waals surface area contributed by atoms with E-state index in [1.807, 2.05) is 0 Å². The van der Waals surface area contributed by atoms with E-state index in [9.17, 15) is 13.2 Å². The molecule has 1 aromatic carbocycles. The predicted molar refractivity (Wildman–Crippen MR) is 95.9 cm³/mol. The lowest BCUT2D eigenvalue weighted by Gasteiger charge is -2.26. The molecule has 1 saturated heterocycles. The molecule has 1 aliphatic carbocycles. The van der Waals surface area contributed by atoms with E-state index in [0.717, 1.165) is 17.8 Å². The average Bonchev–Trinajstić information content (AvgIpc) is 3.42.